The lowest BCUT2D eigenvalue weighted by Gasteiger charge is -2.11. The lowest BCUT2D eigenvalue weighted by atomic mass is 10.1. The van der Waals surface area contributed by atoms with E-state index in [2.05, 4.69) is 41.3 Å². The van der Waals surface area contributed by atoms with E-state index in [1.54, 1.807) is 7.11 Å². The van der Waals surface area contributed by atoms with Gasteiger partial charge in [-0.25, -0.2) is 0 Å². The normalized spacial score (nSPS) is 10.7. The molecule has 2 rings (SSSR count). The number of nitrogens with zero attached hydrogens (tertiary/aromatic N) is 1. The quantitative estimate of drug-likeness (QED) is 0.765. The summed E-state index contributed by atoms with van der Waals surface area (Å²) in [5.74, 6) is 0.882. The first-order valence-electron chi connectivity index (χ1n) is 6.28. The van der Waals surface area contributed by atoms with Crippen LogP contribution in [0.15, 0.2) is 48.5 Å². The number of methoxy groups -OCH3 is 1. The van der Waals surface area contributed by atoms with Crippen molar-refractivity contribution in [2.75, 3.05) is 26.1 Å². The Hall–Kier alpha value is -2.22. The van der Waals surface area contributed by atoms with E-state index in [0.29, 0.717) is 0 Å². The fourth-order valence-electron chi connectivity index (χ4n) is 1.79. The molecule has 0 fully saturated rings. The van der Waals surface area contributed by atoms with E-state index in [4.69, 9.17) is 4.74 Å². The monoisotopic (exact) mass is 253 g/mol. The Bertz CT molecular complexity index is 538. The number of hydrogen-bond acceptors (Lipinski definition) is 2. The zero-order chi connectivity index (χ0) is 13.7. The van der Waals surface area contributed by atoms with E-state index in [1.165, 1.54) is 11.3 Å². The van der Waals surface area contributed by atoms with Crippen LogP contribution in [0.5, 0.6) is 5.75 Å². The maximum atomic E-state index is 5.14. The molecule has 0 unspecified atom stereocenters. The molecule has 0 amide bonds. The fourth-order valence-corrected chi connectivity index (χ4v) is 1.79. The second-order valence-corrected chi connectivity index (χ2v) is 4.59. The number of rotatable bonds is 4. The molecule has 0 saturated heterocycles. The zero-order valence-corrected chi connectivity index (χ0v) is 11.6. The Morgan fingerprint density at radius 1 is 0.789 bits per heavy atom. The van der Waals surface area contributed by atoms with E-state index in [0.717, 1.165) is 11.3 Å². The molecule has 0 radical (unpaired) electrons. The third kappa shape index (κ3) is 3.62. The Morgan fingerprint density at radius 3 is 1.68 bits per heavy atom. The van der Waals surface area contributed by atoms with Gasteiger partial charge in [0.2, 0.25) is 0 Å². The average Bonchev–Trinajstić information content (AvgIpc) is 2.46. The minimum Gasteiger partial charge on any atom is -0.497 e. The van der Waals surface area contributed by atoms with Crippen molar-refractivity contribution in [3.8, 4) is 5.75 Å². The lowest BCUT2D eigenvalue weighted by molar-refractivity contribution is 0.415. The van der Waals surface area contributed by atoms with E-state index >= 15 is 0 Å². The second kappa shape index (κ2) is 6.10. The van der Waals surface area contributed by atoms with Gasteiger partial charge in [-0.1, -0.05) is 36.4 Å². The van der Waals surface area contributed by atoms with Crippen LogP contribution >= 0.6 is 0 Å². The van der Waals surface area contributed by atoms with Gasteiger partial charge >= 0.3 is 0 Å². The standard InChI is InChI=1S/C17H19NO/c1-18(2)16-10-6-14(7-11-16)4-5-15-8-12-17(19-3)13-9-15/h4-13H,1-3H3. The summed E-state index contributed by atoms with van der Waals surface area (Å²) in [6.45, 7) is 0. The summed E-state index contributed by atoms with van der Waals surface area (Å²) in [5.41, 5.74) is 3.57. The first-order chi connectivity index (χ1) is 9.19. The summed E-state index contributed by atoms with van der Waals surface area (Å²) in [4.78, 5) is 2.09. The van der Waals surface area contributed by atoms with Crippen LogP contribution < -0.4 is 9.64 Å². The molecule has 2 nitrogen and oxygen atoms in total. The summed E-state index contributed by atoms with van der Waals surface area (Å²) < 4.78 is 5.14. The third-order valence-electron chi connectivity index (χ3n) is 2.99. The number of benzene rings is 2. The van der Waals surface area contributed by atoms with Gasteiger partial charge in [0, 0.05) is 19.8 Å². The van der Waals surface area contributed by atoms with Crippen molar-refractivity contribution >= 4 is 17.8 Å². The SMILES string of the molecule is COc1ccc(C=Cc2ccc(N(C)C)cc2)cc1. The first kappa shape index (κ1) is 13.2. The lowest BCUT2D eigenvalue weighted by Crippen LogP contribution is -2.07. The minimum absolute atomic E-state index is 0.882. The molecular weight excluding hydrogens is 234 g/mol. The molecule has 0 aliphatic carbocycles. The van der Waals surface area contributed by atoms with Crippen LogP contribution in [0, 0.1) is 0 Å². The Morgan fingerprint density at radius 2 is 1.26 bits per heavy atom. The molecule has 0 N–H and O–H groups in total. The van der Waals surface area contributed by atoms with E-state index in [-0.39, 0.29) is 0 Å². The van der Waals surface area contributed by atoms with Crippen LogP contribution in [0.25, 0.3) is 12.2 Å². The summed E-state index contributed by atoms with van der Waals surface area (Å²) in [6.07, 6.45) is 4.21. The predicted molar refractivity (Wildman–Crippen MR) is 82.7 cm³/mol. The topological polar surface area (TPSA) is 12.5 Å². The van der Waals surface area contributed by atoms with Crippen LogP contribution in [0.1, 0.15) is 11.1 Å². The van der Waals surface area contributed by atoms with Gasteiger partial charge in [0.25, 0.3) is 0 Å². The van der Waals surface area contributed by atoms with Gasteiger partial charge in [-0.2, -0.15) is 0 Å². The van der Waals surface area contributed by atoms with Gasteiger partial charge in [0.15, 0.2) is 0 Å². The largest absolute Gasteiger partial charge is 0.497 e. The van der Waals surface area contributed by atoms with Crippen LogP contribution in [-0.2, 0) is 0 Å². The number of hydrogen-bond donors (Lipinski definition) is 0. The molecule has 2 heteroatoms. The van der Waals surface area contributed by atoms with Crippen LogP contribution in [0.2, 0.25) is 0 Å². The van der Waals surface area contributed by atoms with Crippen molar-refractivity contribution in [3.63, 3.8) is 0 Å². The molecule has 0 aliphatic rings. The zero-order valence-electron chi connectivity index (χ0n) is 11.6. The molecule has 2 aromatic rings. The van der Waals surface area contributed by atoms with Gasteiger partial charge in [-0.3, -0.25) is 0 Å². The third-order valence-corrected chi connectivity index (χ3v) is 2.99. The van der Waals surface area contributed by atoms with Gasteiger partial charge in [0.1, 0.15) is 5.75 Å². The molecule has 2 aromatic carbocycles. The predicted octanol–water partition coefficient (Wildman–Crippen LogP) is 3.93. The van der Waals surface area contributed by atoms with Gasteiger partial charge in [-0.15, -0.1) is 0 Å². The number of anilines is 1. The van der Waals surface area contributed by atoms with Crippen molar-refractivity contribution in [1.82, 2.24) is 0 Å². The maximum absolute atomic E-state index is 5.14. The van der Waals surface area contributed by atoms with Crippen molar-refractivity contribution in [2.45, 2.75) is 0 Å². The van der Waals surface area contributed by atoms with Crippen molar-refractivity contribution < 1.29 is 4.74 Å². The van der Waals surface area contributed by atoms with Gasteiger partial charge in [-0.05, 0) is 35.4 Å². The fraction of sp³-hybridized carbons (Fsp3) is 0.176. The van der Waals surface area contributed by atoms with Crippen LogP contribution in [0.3, 0.4) is 0 Å². The second-order valence-electron chi connectivity index (χ2n) is 4.59. The highest BCUT2D eigenvalue weighted by Crippen LogP contribution is 2.16. The maximum Gasteiger partial charge on any atom is 0.118 e. The Balaban J connectivity index is 2.08. The molecule has 0 bridgehead atoms. The van der Waals surface area contributed by atoms with Crippen LogP contribution in [0.4, 0.5) is 5.69 Å². The molecule has 19 heavy (non-hydrogen) atoms. The first-order valence-corrected chi connectivity index (χ1v) is 6.28. The molecule has 0 aromatic heterocycles. The highest BCUT2D eigenvalue weighted by atomic mass is 16.5. The van der Waals surface area contributed by atoms with E-state index < -0.39 is 0 Å². The Labute approximate surface area is 114 Å². The van der Waals surface area contributed by atoms with Crippen molar-refractivity contribution in [1.29, 1.82) is 0 Å². The molecule has 0 heterocycles. The summed E-state index contributed by atoms with van der Waals surface area (Å²) in [5, 5.41) is 0. The van der Waals surface area contributed by atoms with E-state index in [9.17, 15) is 0 Å². The molecule has 0 spiro atoms. The molecule has 0 aliphatic heterocycles. The highest BCUT2D eigenvalue weighted by molar-refractivity contribution is 5.70. The van der Waals surface area contributed by atoms with Gasteiger partial charge in [0.05, 0.1) is 7.11 Å². The molecule has 98 valence electrons. The molecule has 0 atom stereocenters. The van der Waals surface area contributed by atoms with Gasteiger partial charge < -0.3 is 9.64 Å². The highest BCUT2D eigenvalue weighted by Gasteiger charge is 1.94. The summed E-state index contributed by atoms with van der Waals surface area (Å²) >= 11 is 0. The summed E-state index contributed by atoms with van der Waals surface area (Å²) in [6, 6.07) is 16.5. The molecular formula is C17H19NO. The van der Waals surface area contributed by atoms with E-state index in [1.807, 2.05) is 38.4 Å². The van der Waals surface area contributed by atoms with Crippen molar-refractivity contribution in [2.24, 2.45) is 0 Å². The average molecular weight is 253 g/mol. The minimum atomic E-state index is 0.882. The Kier molecular flexibility index (Phi) is 4.24. The van der Waals surface area contributed by atoms with Crippen LogP contribution in [-0.4, -0.2) is 21.2 Å². The smallest absolute Gasteiger partial charge is 0.118 e. The van der Waals surface area contributed by atoms with Crippen molar-refractivity contribution in [3.05, 3.63) is 59.7 Å². The molecule has 0 saturated carbocycles. The number of ether oxygens (including phenoxy) is 1. The summed E-state index contributed by atoms with van der Waals surface area (Å²) in [7, 11) is 5.77.